The smallest absolute Gasteiger partial charge is 0.127 e. The average Bonchev–Trinajstić information content (AvgIpc) is 2.59. The Labute approximate surface area is 143 Å². The molecule has 0 aliphatic heterocycles. The van der Waals surface area contributed by atoms with Gasteiger partial charge in [-0.2, -0.15) is 0 Å². The van der Waals surface area contributed by atoms with Gasteiger partial charge in [0.2, 0.25) is 0 Å². The van der Waals surface area contributed by atoms with Crippen molar-refractivity contribution in [3.05, 3.63) is 77.6 Å². The zero-order valence-electron chi connectivity index (χ0n) is 14.3. The monoisotopic (exact) mass is 315 g/mol. The van der Waals surface area contributed by atoms with Crippen LogP contribution in [0.1, 0.15) is 16.8 Å². The van der Waals surface area contributed by atoms with E-state index in [-0.39, 0.29) is 0 Å². The standard InChI is InChI=1S/C21H21N3/c1-16-8-12-20-18(14-16)10-11-19(23-20)7-5-4-6-17-9-13-21(22-15-17)24(2)3/h4-15H,1-3H3/b6-4+,7-5+. The minimum atomic E-state index is 0.956. The van der Waals surface area contributed by atoms with E-state index in [9.17, 15) is 0 Å². The molecule has 2 aromatic heterocycles. The van der Waals surface area contributed by atoms with Crippen LogP contribution < -0.4 is 4.90 Å². The molecule has 0 saturated heterocycles. The number of aryl methyl sites for hydroxylation is 1. The molecule has 0 unspecified atom stereocenters. The summed E-state index contributed by atoms with van der Waals surface area (Å²) < 4.78 is 0. The Bertz CT molecular complexity index is 891. The van der Waals surface area contributed by atoms with Gasteiger partial charge >= 0.3 is 0 Å². The van der Waals surface area contributed by atoms with Crippen LogP contribution in [-0.4, -0.2) is 24.1 Å². The highest BCUT2D eigenvalue weighted by molar-refractivity contribution is 5.80. The van der Waals surface area contributed by atoms with Gasteiger partial charge in [-0.25, -0.2) is 9.97 Å². The van der Waals surface area contributed by atoms with Gasteiger partial charge in [0, 0.05) is 25.7 Å². The molecule has 2 heterocycles. The number of anilines is 1. The number of aromatic nitrogens is 2. The summed E-state index contributed by atoms with van der Waals surface area (Å²) in [6, 6.07) is 14.5. The van der Waals surface area contributed by atoms with Crippen LogP contribution in [0.2, 0.25) is 0 Å². The van der Waals surface area contributed by atoms with Crippen molar-refractivity contribution in [3.63, 3.8) is 0 Å². The van der Waals surface area contributed by atoms with Crippen LogP contribution in [0.25, 0.3) is 23.1 Å². The first-order chi connectivity index (χ1) is 11.6. The Morgan fingerprint density at radius 1 is 0.917 bits per heavy atom. The predicted octanol–water partition coefficient (Wildman–Crippen LogP) is 4.73. The first-order valence-corrected chi connectivity index (χ1v) is 7.97. The lowest BCUT2D eigenvalue weighted by atomic mass is 10.1. The van der Waals surface area contributed by atoms with E-state index < -0.39 is 0 Å². The summed E-state index contributed by atoms with van der Waals surface area (Å²) in [5.41, 5.74) is 4.31. The van der Waals surface area contributed by atoms with Gasteiger partial charge in [0.1, 0.15) is 5.82 Å². The van der Waals surface area contributed by atoms with Crippen LogP contribution >= 0.6 is 0 Å². The normalized spacial score (nSPS) is 11.6. The van der Waals surface area contributed by atoms with Crippen molar-refractivity contribution >= 4 is 28.9 Å². The molecular weight excluding hydrogens is 294 g/mol. The molecule has 0 radical (unpaired) electrons. The number of nitrogens with zero attached hydrogens (tertiary/aromatic N) is 3. The molecule has 3 nitrogen and oxygen atoms in total. The summed E-state index contributed by atoms with van der Waals surface area (Å²) in [7, 11) is 3.97. The van der Waals surface area contributed by atoms with Crippen molar-refractivity contribution in [3.8, 4) is 0 Å². The van der Waals surface area contributed by atoms with Gasteiger partial charge < -0.3 is 4.90 Å². The quantitative estimate of drug-likeness (QED) is 0.652. The predicted molar refractivity (Wildman–Crippen MR) is 103 cm³/mol. The number of benzene rings is 1. The van der Waals surface area contributed by atoms with E-state index in [0.29, 0.717) is 0 Å². The van der Waals surface area contributed by atoms with E-state index in [1.807, 2.05) is 61.6 Å². The van der Waals surface area contributed by atoms with E-state index in [1.54, 1.807) is 0 Å². The van der Waals surface area contributed by atoms with Crippen molar-refractivity contribution in [1.29, 1.82) is 0 Å². The summed E-state index contributed by atoms with van der Waals surface area (Å²) in [6.45, 7) is 2.10. The lowest BCUT2D eigenvalue weighted by Gasteiger charge is -2.10. The molecule has 3 aromatic rings. The van der Waals surface area contributed by atoms with Gasteiger partial charge in [0.05, 0.1) is 11.2 Å². The van der Waals surface area contributed by atoms with Crippen LogP contribution in [0.5, 0.6) is 0 Å². The first kappa shape index (κ1) is 15.9. The maximum absolute atomic E-state index is 4.65. The largest absolute Gasteiger partial charge is 0.363 e. The maximum atomic E-state index is 4.65. The summed E-state index contributed by atoms with van der Waals surface area (Å²) in [4.78, 5) is 11.0. The summed E-state index contributed by atoms with van der Waals surface area (Å²) in [5, 5.41) is 1.18. The average molecular weight is 315 g/mol. The van der Waals surface area contributed by atoms with E-state index in [1.165, 1.54) is 10.9 Å². The number of hydrogen-bond acceptors (Lipinski definition) is 3. The Morgan fingerprint density at radius 3 is 2.50 bits per heavy atom. The second-order valence-corrected chi connectivity index (χ2v) is 5.99. The lowest BCUT2D eigenvalue weighted by molar-refractivity contribution is 1.07. The fourth-order valence-corrected chi connectivity index (χ4v) is 2.44. The number of hydrogen-bond donors (Lipinski definition) is 0. The molecule has 0 spiro atoms. The van der Waals surface area contributed by atoms with Gasteiger partial charge in [-0.05, 0) is 48.9 Å². The van der Waals surface area contributed by atoms with Crippen LogP contribution in [0, 0.1) is 6.92 Å². The Kier molecular flexibility index (Phi) is 4.71. The molecule has 0 fully saturated rings. The highest BCUT2D eigenvalue weighted by Gasteiger charge is 1.96. The fraction of sp³-hybridized carbons (Fsp3) is 0.143. The highest BCUT2D eigenvalue weighted by Crippen LogP contribution is 2.15. The SMILES string of the molecule is Cc1ccc2nc(/C=C/C=C/c3ccc(N(C)C)nc3)ccc2c1. The number of fused-ring (bicyclic) bond motifs is 1. The summed E-state index contributed by atoms with van der Waals surface area (Å²) in [6.07, 6.45) is 9.93. The van der Waals surface area contributed by atoms with Crippen LogP contribution in [0.3, 0.4) is 0 Å². The number of pyridine rings is 2. The molecule has 120 valence electrons. The van der Waals surface area contributed by atoms with Crippen molar-refractivity contribution in [2.24, 2.45) is 0 Å². The van der Waals surface area contributed by atoms with E-state index in [4.69, 9.17) is 0 Å². The molecule has 0 aliphatic carbocycles. The van der Waals surface area contributed by atoms with Gasteiger partial charge in [0.15, 0.2) is 0 Å². The van der Waals surface area contributed by atoms with Crippen LogP contribution in [-0.2, 0) is 0 Å². The third-order valence-corrected chi connectivity index (χ3v) is 3.76. The van der Waals surface area contributed by atoms with E-state index in [2.05, 4.69) is 47.2 Å². The molecule has 0 saturated carbocycles. The van der Waals surface area contributed by atoms with Crippen molar-refractivity contribution in [2.45, 2.75) is 6.92 Å². The second kappa shape index (κ2) is 7.09. The third-order valence-electron chi connectivity index (χ3n) is 3.76. The Hall–Kier alpha value is -2.94. The zero-order valence-corrected chi connectivity index (χ0v) is 14.3. The lowest BCUT2D eigenvalue weighted by Crippen LogP contribution is -2.09. The molecule has 0 amide bonds. The van der Waals surface area contributed by atoms with Crippen molar-refractivity contribution in [2.75, 3.05) is 19.0 Å². The topological polar surface area (TPSA) is 29.0 Å². The van der Waals surface area contributed by atoms with E-state index in [0.717, 1.165) is 22.6 Å². The van der Waals surface area contributed by atoms with Crippen LogP contribution in [0.4, 0.5) is 5.82 Å². The Balaban J connectivity index is 1.70. The van der Waals surface area contributed by atoms with Crippen molar-refractivity contribution in [1.82, 2.24) is 9.97 Å². The Morgan fingerprint density at radius 2 is 1.75 bits per heavy atom. The second-order valence-electron chi connectivity index (χ2n) is 5.99. The number of allylic oxidation sites excluding steroid dienone is 2. The molecule has 3 rings (SSSR count). The molecule has 24 heavy (non-hydrogen) atoms. The molecular formula is C21H21N3. The minimum Gasteiger partial charge on any atom is -0.363 e. The zero-order chi connectivity index (χ0) is 16.9. The van der Waals surface area contributed by atoms with Crippen molar-refractivity contribution < 1.29 is 0 Å². The molecule has 3 heteroatoms. The van der Waals surface area contributed by atoms with E-state index >= 15 is 0 Å². The molecule has 1 aromatic carbocycles. The summed E-state index contributed by atoms with van der Waals surface area (Å²) in [5.74, 6) is 0.957. The van der Waals surface area contributed by atoms with Gasteiger partial charge in [-0.15, -0.1) is 0 Å². The highest BCUT2D eigenvalue weighted by atomic mass is 15.1. The maximum Gasteiger partial charge on any atom is 0.127 e. The molecule has 0 aliphatic rings. The van der Waals surface area contributed by atoms with Crippen LogP contribution in [0.15, 0.2) is 60.8 Å². The fourth-order valence-electron chi connectivity index (χ4n) is 2.44. The third kappa shape index (κ3) is 3.87. The molecule has 0 bridgehead atoms. The summed E-state index contributed by atoms with van der Waals surface area (Å²) >= 11 is 0. The number of rotatable bonds is 4. The minimum absolute atomic E-state index is 0.956. The molecule has 0 atom stereocenters. The first-order valence-electron chi connectivity index (χ1n) is 7.97. The van der Waals surface area contributed by atoms with Gasteiger partial charge in [0.25, 0.3) is 0 Å². The van der Waals surface area contributed by atoms with Gasteiger partial charge in [-0.3, -0.25) is 0 Å². The van der Waals surface area contributed by atoms with Gasteiger partial charge in [-0.1, -0.05) is 35.9 Å². The molecule has 0 N–H and O–H groups in total.